The zero-order chi connectivity index (χ0) is 24.7. The molecule has 4 heterocycles. The predicted octanol–water partition coefficient (Wildman–Crippen LogP) is 3.08. The van der Waals surface area contributed by atoms with Crippen LogP contribution in [-0.2, 0) is 40.1 Å². The van der Waals surface area contributed by atoms with Crippen molar-refractivity contribution in [2.45, 2.75) is 63.2 Å². The number of carbonyl (C=O) groups excluding carboxylic acids is 3. The number of benzene rings is 2. The van der Waals surface area contributed by atoms with Gasteiger partial charge in [-0.2, -0.15) is 0 Å². The maximum atomic E-state index is 13.8. The highest BCUT2D eigenvalue weighted by molar-refractivity contribution is 6.55. The van der Waals surface area contributed by atoms with Crippen LogP contribution in [0.1, 0.15) is 70.9 Å². The number of Topliss-reactive ketones (excluding diaryl/α,β-unsaturated/α-hetero) is 3. The van der Waals surface area contributed by atoms with Crippen LogP contribution in [0.5, 0.6) is 11.5 Å². The number of hydrogen-bond acceptors (Lipinski definition) is 7. The molecule has 2 unspecified atom stereocenters. The Morgan fingerprint density at radius 3 is 1.42 bits per heavy atom. The van der Waals surface area contributed by atoms with Gasteiger partial charge >= 0.3 is 0 Å². The summed E-state index contributed by atoms with van der Waals surface area (Å²) in [4.78, 5) is 45.1. The van der Waals surface area contributed by atoms with Crippen LogP contribution in [0.15, 0.2) is 12.1 Å². The highest BCUT2D eigenvalue weighted by Gasteiger charge is 2.52. The van der Waals surface area contributed by atoms with Crippen LogP contribution >= 0.6 is 0 Å². The van der Waals surface area contributed by atoms with Crippen LogP contribution in [0, 0.1) is 0 Å². The van der Waals surface area contributed by atoms with E-state index in [2.05, 4.69) is 9.80 Å². The highest BCUT2D eigenvalue weighted by atomic mass is 16.3. The minimum atomic E-state index is -1.32. The number of hydrogen-bond donors (Lipinski definition) is 2. The summed E-state index contributed by atoms with van der Waals surface area (Å²) >= 11 is 0. The van der Waals surface area contributed by atoms with Crippen molar-refractivity contribution in [2.75, 3.05) is 36.0 Å². The van der Waals surface area contributed by atoms with Gasteiger partial charge in [0, 0.05) is 59.8 Å². The van der Waals surface area contributed by atoms with E-state index in [0.717, 1.165) is 98.3 Å². The fraction of sp³-hybridized carbons (Fsp3) is 0.483. The molecule has 1 fully saturated rings. The average molecular weight is 487 g/mol. The van der Waals surface area contributed by atoms with Crippen molar-refractivity contribution >= 4 is 28.7 Å². The van der Waals surface area contributed by atoms with Crippen molar-refractivity contribution in [2.24, 2.45) is 0 Å². The molecular formula is C29H30N2O5. The number of aryl methyl sites for hydroxylation is 2. The van der Waals surface area contributed by atoms with Gasteiger partial charge in [-0.25, -0.2) is 0 Å². The lowest BCUT2D eigenvalue weighted by atomic mass is 9.82. The van der Waals surface area contributed by atoms with Gasteiger partial charge in [-0.3, -0.25) is 14.4 Å². The molecule has 2 aromatic carbocycles. The molecule has 2 N–H and O–H groups in total. The van der Waals surface area contributed by atoms with Gasteiger partial charge in [0.2, 0.25) is 11.6 Å². The van der Waals surface area contributed by atoms with Crippen LogP contribution < -0.4 is 9.80 Å². The lowest BCUT2D eigenvalue weighted by Gasteiger charge is -2.38. The summed E-state index contributed by atoms with van der Waals surface area (Å²) in [5.74, 6) is -4.73. The smallest absolute Gasteiger partial charge is 0.214 e. The third kappa shape index (κ3) is 2.88. The van der Waals surface area contributed by atoms with E-state index in [1.165, 1.54) is 0 Å². The first-order chi connectivity index (χ1) is 17.5. The Hall–Kier alpha value is -3.35. The molecule has 0 saturated heterocycles. The molecule has 7 rings (SSSR count). The molecule has 7 heteroatoms. The maximum absolute atomic E-state index is 13.8. The number of rotatable bonds is 2. The number of carbonyl (C=O) groups is 3. The van der Waals surface area contributed by atoms with Crippen molar-refractivity contribution in [3.63, 3.8) is 0 Å². The minimum Gasteiger partial charge on any atom is -0.507 e. The van der Waals surface area contributed by atoms with Gasteiger partial charge in [0.25, 0.3) is 0 Å². The molecule has 0 radical (unpaired) electrons. The normalized spacial score (nSPS) is 24.7. The van der Waals surface area contributed by atoms with Gasteiger partial charge in [0.05, 0.1) is 0 Å². The van der Waals surface area contributed by atoms with Gasteiger partial charge in [0.15, 0.2) is 5.78 Å². The SMILES string of the molecule is O=C1C(=O)C(c2cc3c4c(c2O)CCCN4CCC3)C(=O)C1c1cc2c3c(c1O)CCCN3CCC2. The second-order valence-electron chi connectivity index (χ2n) is 11.0. The number of ketones is 3. The molecule has 36 heavy (non-hydrogen) atoms. The molecule has 186 valence electrons. The number of phenolic OH excluding ortho intramolecular Hbond substituents is 2. The molecule has 0 aromatic heterocycles. The molecule has 1 aliphatic carbocycles. The fourth-order valence-electron chi connectivity index (χ4n) is 7.48. The zero-order valence-corrected chi connectivity index (χ0v) is 20.3. The van der Waals surface area contributed by atoms with Crippen molar-refractivity contribution in [3.05, 3.63) is 45.5 Å². The zero-order valence-electron chi connectivity index (χ0n) is 20.3. The van der Waals surface area contributed by atoms with Crippen LogP contribution in [0.3, 0.4) is 0 Å². The molecule has 0 bridgehead atoms. The minimum absolute atomic E-state index is 0.0131. The van der Waals surface area contributed by atoms with E-state index in [9.17, 15) is 24.6 Å². The lowest BCUT2D eigenvalue weighted by Crippen LogP contribution is -2.35. The lowest BCUT2D eigenvalue weighted by molar-refractivity contribution is -0.135. The maximum Gasteiger partial charge on any atom is 0.214 e. The Morgan fingerprint density at radius 2 is 1.00 bits per heavy atom. The molecule has 0 spiro atoms. The summed E-state index contributed by atoms with van der Waals surface area (Å²) in [7, 11) is 0. The molecule has 0 amide bonds. The van der Waals surface area contributed by atoms with Gasteiger partial charge < -0.3 is 20.0 Å². The van der Waals surface area contributed by atoms with E-state index in [-0.39, 0.29) is 22.6 Å². The summed E-state index contributed by atoms with van der Waals surface area (Å²) in [5, 5.41) is 22.5. The predicted molar refractivity (Wildman–Crippen MR) is 134 cm³/mol. The van der Waals surface area contributed by atoms with Crippen molar-refractivity contribution in [3.8, 4) is 11.5 Å². The van der Waals surface area contributed by atoms with Crippen LogP contribution in [0.25, 0.3) is 0 Å². The van der Waals surface area contributed by atoms with Gasteiger partial charge in [-0.15, -0.1) is 0 Å². The molecule has 1 saturated carbocycles. The molecule has 2 aromatic rings. The fourth-order valence-corrected chi connectivity index (χ4v) is 7.48. The first kappa shape index (κ1) is 21.9. The molecule has 7 nitrogen and oxygen atoms in total. The van der Waals surface area contributed by atoms with Crippen LogP contribution in [0.2, 0.25) is 0 Å². The largest absolute Gasteiger partial charge is 0.507 e. The summed E-state index contributed by atoms with van der Waals surface area (Å²) in [5.41, 5.74) is 6.31. The first-order valence-corrected chi connectivity index (χ1v) is 13.3. The van der Waals surface area contributed by atoms with Gasteiger partial charge in [-0.05, 0) is 74.6 Å². The summed E-state index contributed by atoms with van der Waals surface area (Å²) in [6.45, 7) is 3.77. The summed E-state index contributed by atoms with van der Waals surface area (Å²) in [6.07, 6.45) is 6.79. The topological polar surface area (TPSA) is 98.2 Å². The standard InChI is InChI=1S/C29H30N2O5/c32-25-17-7-3-11-30-9-1-5-15(23(17)30)13-19(25)21-27(34)22(29(36)28(21)35)20-14-16-6-2-10-31-12-4-8-18(24(16)31)26(20)33/h13-14,21-22,32-33H,1-12H2. The van der Waals surface area contributed by atoms with Crippen LogP contribution in [-0.4, -0.2) is 53.7 Å². The second kappa shape index (κ2) is 7.82. The monoisotopic (exact) mass is 486 g/mol. The average Bonchev–Trinajstić information content (AvgIpc) is 3.11. The Balaban J connectivity index is 1.34. The molecule has 2 atom stereocenters. The van der Waals surface area contributed by atoms with E-state index >= 15 is 0 Å². The highest BCUT2D eigenvalue weighted by Crippen LogP contribution is 2.50. The summed E-state index contributed by atoms with van der Waals surface area (Å²) < 4.78 is 0. The Kier molecular flexibility index (Phi) is 4.76. The van der Waals surface area contributed by atoms with E-state index in [0.29, 0.717) is 12.8 Å². The molecule has 5 aliphatic rings. The Labute approximate surface area is 209 Å². The van der Waals surface area contributed by atoms with Crippen molar-refractivity contribution in [1.82, 2.24) is 0 Å². The number of nitrogens with zero attached hydrogens (tertiary/aromatic N) is 2. The molecule has 4 aliphatic heterocycles. The Bertz CT molecular complexity index is 1260. The van der Waals surface area contributed by atoms with Crippen molar-refractivity contribution in [1.29, 1.82) is 0 Å². The van der Waals surface area contributed by atoms with E-state index in [1.54, 1.807) is 12.1 Å². The van der Waals surface area contributed by atoms with E-state index < -0.39 is 29.2 Å². The van der Waals surface area contributed by atoms with Crippen molar-refractivity contribution < 1.29 is 24.6 Å². The molecular weight excluding hydrogens is 456 g/mol. The first-order valence-electron chi connectivity index (χ1n) is 13.3. The van der Waals surface area contributed by atoms with E-state index in [1.807, 2.05) is 0 Å². The quantitative estimate of drug-likeness (QED) is 0.497. The summed E-state index contributed by atoms with van der Waals surface area (Å²) in [6, 6.07) is 3.58. The van der Waals surface area contributed by atoms with Gasteiger partial charge in [-0.1, -0.05) is 0 Å². The third-order valence-corrected chi connectivity index (χ3v) is 9.01. The van der Waals surface area contributed by atoms with E-state index in [4.69, 9.17) is 0 Å². The third-order valence-electron chi connectivity index (χ3n) is 9.01. The number of aromatic hydroxyl groups is 2. The van der Waals surface area contributed by atoms with Crippen LogP contribution in [0.4, 0.5) is 11.4 Å². The number of phenols is 2. The Morgan fingerprint density at radius 1 is 0.611 bits per heavy atom. The van der Waals surface area contributed by atoms with Gasteiger partial charge in [0.1, 0.15) is 23.3 Å². The second-order valence-corrected chi connectivity index (χ2v) is 11.0. The number of anilines is 2.